The van der Waals surface area contributed by atoms with Crippen molar-refractivity contribution in [3.63, 3.8) is 0 Å². The molecule has 1 aliphatic rings. The highest BCUT2D eigenvalue weighted by Crippen LogP contribution is 2.20. The lowest BCUT2D eigenvalue weighted by Gasteiger charge is -2.16. The summed E-state index contributed by atoms with van der Waals surface area (Å²) in [5.74, 6) is 1.07. The normalized spacial score (nSPS) is 16.5. The summed E-state index contributed by atoms with van der Waals surface area (Å²) in [6.07, 6.45) is 5.72. The van der Waals surface area contributed by atoms with Gasteiger partial charge in [0.15, 0.2) is 0 Å². The Morgan fingerprint density at radius 1 is 1.42 bits per heavy atom. The van der Waals surface area contributed by atoms with E-state index in [1.165, 1.54) is 6.42 Å². The summed E-state index contributed by atoms with van der Waals surface area (Å²) in [6, 6.07) is 1.99. The van der Waals surface area contributed by atoms with Crippen LogP contribution >= 0.6 is 23.7 Å². The van der Waals surface area contributed by atoms with E-state index in [-0.39, 0.29) is 18.3 Å². The van der Waals surface area contributed by atoms with Gasteiger partial charge in [0.25, 0.3) is 5.91 Å². The molecule has 3 heterocycles. The Balaban J connectivity index is 0.00000243. The van der Waals surface area contributed by atoms with Crippen LogP contribution < -0.4 is 5.32 Å². The zero-order valence-corrected chi connectivity index (χ0v) is 17.2. The largest absolute Gasteiger partial charge is 0.336 e. The molecule has 142 valence electrons. The first-order valence-electron chi connectivity index (χ1n) is 8.87. The number of hydrogen-bond acceptors (Lipinski definition) is 5. The molecule has 1 unspecified atom stereocenters. The first-order chi connectivity index (χ1) is 12.0. The van der Waals surface area contributed by atoms with Crippen molar-refractivity contribution < 1.29 is 4.79 Å². The average Bonchev–Trinajstić information content (AvgIpc) is 3.26. The van der Waals surface area contributed by atoms with Gasteiger partial charge in [0.05, 0.1) is 22.8 Å². The zero-order chi connectivity index (χ0) is 17.8. The Labute approximate surface area is 165 Å². The quantitative estimate of drug-likeness (QED) is 0.814. The topological polar surface area (TPSA) is 58.1 Å². The second-order valence-electron chi connectivity index (χ2n) is 7.14. The van der Waals surface area contributed by atoms with Crippen LogP contribution in [0.1, 0.15) is 52.8 Å². The molecule has 2 aromatic rings. The van der Waals surface area contributed by atoms with E-state index in [9.17, 15) is 4.79 Å². The van der Waals surface area contributed by atoms with Gasteiger partial charge in [-0.15, -0.1) is 23.7 Å². The maximum absolute atomic E-state index is 12.7. The number of hydrogen-bond donors (Lipinski definition) is 1. The number of amides is 1. The molecule has 0 aromatic carbocycles. The monoisotopic (exact) mass is 394 g/mol. The predicted octanol–water partition coefficient (Wildman–Crippen LogP) is 3.51. The molecule has 1 amide bonds. The number of aromatic nitrogens is 2. The molecule has 0 bridgehead atoms. The summed E-state index contributed by atoms with van der Waals surface area (Å²) in [4.78, 5) is 23.3. The summed E-state index contributed by atoms with van der Waals surface area (Å²) in [5.41, 5.74) is 2.75. The molecule has 2 aromatic heterocycles. The van der Waals surface area contributed by atoms with Crippen molar-refractivity contribution in [2.75, 3.05) is 20.1 Å². The SMILES string of the molecule is CC(C)c1nc(CN(C)C(=O)c2cncc(CC3CCNC3)c2)cs1.Cl. The van der Waals surface area contributed by atoms with Crippen LogP contribution in [0.5, 0.6) is 0 Å². The van der Waals surface area contributed by atoms with Gasteiger partial charge in [-0.05, 0) is 43.5 Å². The highest BCUT2D eigenvalue weighted by Gasteiger charge is 2.18. The van der Waals surface area contributed by atoms with Crippen LogP contribution in [0.4, 0.5) is 0 Å². The maximum atomic E-state index is 12.7. The lowest BCUT2D eigenvalue weighted by Crippen LogP contribution is -2.26. The first-order valence-corrected chi connectivity index (χ1v) is 9.75. The zero-order valence-electron chi connectivity index (χ0n) is 15.6. The van der Waals surface area contributed by atoms with E-state index < -0.39 is 0 Å². The van der Waals surface area contributed by atoms with Crippen LogP contribution in [-0.4, -0.2) is 40.9 Å². The van der Waals surface area contributed by atoms with Gasteiger partial charge in [-0.2, -0.15) is 0 Å². The number of pyridine rings is 1. The van der Waals surface area contributed by atoms with Crippen LogP contribution in [0.2, 0.25) is 0 Å². The summed E-state index contributed by atoms with van der Waals surface area (Å²) in [5, 5.41) is 6.54. The van der Waals surface area contributed by atoms with Crippen molar-refractivity contribution >= 4 is 29.7 Å². The second kappa shape index (κ2) is 9.44. The van der Waals surface area contributed by atoms with Crippen LogP contribution in [-0.2, 0) is 13.0 Å². The maximum Gasteiger partial charge on any atom is 0.255 e. The van der Waals surface area contributed by atoms with E-state index in [0.29, 0.717) is 23.9 Å². The highest BCUT2D eigenvalue weighted by atomic mass is 35.5. The third-order valence-corrected chi connectivity index (χ3v) is 5.73. The van der Waals surface area contributed by atoms with Gasteiger partial charge in [0.1, 0.15) is 0 Å². The molecule has 26 heavy (non-hydrogen) atoms. The molecule has 0 radical (unpaired) electrons. The highest BCUT2D eigenvalue weighted by molar-refractivity contribution is 7.09. The average molecular weight is 395 g/mol. The molecule has 3 rings (SSSR count). The minimum atomic E-state index is -0.00186. The minimum Gasteiger partial charge on any atom is -0.336 e. The van der Waals surface area contributed by atoms with Gasteiger partial charge in [0, 0.05) is 30.7 Å². The number of carbonyl (C=O) groups is 1. The van der Waals surface area contributed by atoms with Crippen molar-refractivity contribution in [1.29, 1.82) is 0 Å². The first kappa shape index (κ1) is 20.8. The lowest BCUT2D eigenvalue weighted by molar-refractivity contribution is 0.0783. The van der Waals surface area contributed by atoms with E-state index in [2.05, 4.69) is 29.1 Å². The molecule has 7 heteroatoms. The smallest absolute Gasteiger partial charge is 0.255 e. The van der Waals surface area contributed by atoms with Gasteiger partial charge in [0.2, 0.25) is 0 Å². The lowest BCUT2D eigenvalue weighted by atomic mass is 9.99. The van der Waals surface area contributed by atoms with Gasteiger partial charge in [-0.1, -0.05) is 13.8 Å². The minimum absolute atomic E-state index is 0. The van der Waals surface area contributed by atoms with Crippen molar-refractivity contribution in [1.82, 2.24) is 20.2 Å². The summed E-state index contributed by atoms with van der Waals surface area (Å²) in [6.45, 7) is 6.94. The van der Waals surface area contributed by atoms with Crippen LogP contribution in [0, 0.1) is 5.92 Å². The number of nitrogens with zero attached hydrogens (tertiary/aromatic N) is 3. The van der Waals surface area contributed by atoms with E-state index in [4.69, 9.17) is 0 Å². The third-order valence-electron chi connectivity index (χ3n) is 4.54. The summed E-state index contributed by atoms with van der Waals surface area (Å²) < 4.78 is 0. The fourth-order valence-electron chi connectivity index (χ4n) is 3.13. The molecule has 1 fully saturated rings. The molecule has 1 atom stereocenters. The van der Waals surface area contributed by atoms with E-state index in [0.717, 1.165) is 35.8 Å². The molecule has 5 nitrogen and oxygen atoms in total. The molecular weight excluding hydrogens is 368 g/mol. The molecule has 0 spiro atoms. The standard InChI is InChI=1S/C19H26N4OS.ClH/c1-13(2)18-22-17(12-25-18)11-23(3)19(24)16-7-15(9-21-10-16)6-14-4-5-20-8-14;/h7,9-10,12-14,20H,4-6,8,11H2,1-3H3;1H. The Hall–Kier alpha value is -1.50. The van der Waals surface area contributed by atoms with Crippen LogP contribution in [0.15, 0.2) is 23.8 Å². The molecule has 1 aliphatic heterocycles. The number of nitrogens with one attached hydrogen (secondary N) is 1. The predicted molar refractivity (Wildman–Crippen MR) is 108 cm³/mol. The molecule has 1 saturated heterocycles. The van der Waals surface area contributed by atoms with E-state index in [1.807, 2.05) is 24.7 Å². The fourth-order valence-corrected chi connectivity index (χ4v) is 3.96. The van der Waals surface area contributed by atoms with Crippen molar-refractivity contribution in [2.24, 2.45) is 5.92 Å². The number of carbonyl (C=O) groups excluding carboxylic acids is 1. The second-order valence-corrected chi connectivity index (χ2v) is 8.03. The van der Waals surface area contributed by atoms with E-state index in [1.54, 1.807) is 22.4 Å². The molecule has 1 N–H and O–H groups in total. The van der Waals surface area contributed by atoms with E-state index >= 15 is 0 Å². The fraction of sp³-hybridized carbons (Fsp3) is 0.526. The molecule has 0 saturated carbocycles. The molecular formula is C19H27ClN4OS. The van der Waals surface area contributed by atoms with Crippen molar-refractivity contribution in [3.05, 3.63) is 45.7 Å². The van der Waals surface area contributed by atoms with Crippen molar-refractivity contribution in [3.8, 4) is 0 Å². The van der Waals surface area contributed by atoms with Crippen molar-refractivity contribution in [2.45, 2.75) is 39.2 Å². The Kier molecular flexibility index (Phi) is 7.55. The Morgan fingerprint density at radius 2 is 2.23 bits per heavy atom. The summed E-state index contributed by atoms with van der Waals surface area (Å²) >= 11 is 1.66. The number of rotatable bonds is 6. The third kappa shape index (κ3) is 5.25. The number of thiazole rings is 1. The van der Waals surface area contributed by atoms with Gasteiger partial charge >= 0.3 is 0 Å². The van der Waals surface area contributed by atoms with Crippen LogP contribution in [0.3, 0.4) is 0 Å². The molecule has 0 aliphatic carbocycles. The number of halogens is 1. The summed E-state index contributed by atoms with van der Waals surface area (Å²) in [7, 11) is 1.82. The Bertz CT molecular complexity index is 728. The van der Waals surface area contributed by atoms with Gasteiger partial charge < -0.3 is 10.2 Å². The van der Waals surface area contributed by atoms with Crippen LogP contribution in [0.25, 0.3) is 0 Å². The van der Waals surface area contributed by atoms with Gasteiger partial charge in [-0.3, -0.25) is 9.78 Å². The Morgan fingerprint density at radius 3 is 2.88 bits per heavy atom. The van der Waals surface area contributed by atoms with Gasteiger partial charge in [-0.25, -0.2) is 4.98 Å².